The first-order valence-corrected chi connectivity index (χ1v) is 10.1. The summed E-state index contributed by atoms with van der Waals surface area (Å²) in [6.45, 7) is 1.05. The lowest BCUT2D eigenvalue weighted by Crippen LogP contribution is -3.06. The van der Waals surface area contributed by atoms with Crippen LogP contribution in [0.4, 0.5) is 0 Å². The molecule has 29 heavy (non-hydrogen) atoms. The van der Waals surface area contributed by atoms with Gasteiger partial charge in [-0.1, -0.05) is 17.9 Å². The fourth-order valence-electron chi connectivity index (χ4n) is 3.32. The largest absolute Gasteiger partial charge is 0.872 e. The van der Waals surface area contributed by atoms with E-state index in [0.29, 0.717) is 24.6 Å². The number of likely N-dealkylation sites (N-methyl/N-ethyl adjacent to an activating group) is 1. The van der Waals surface area contributed by atoms with Crippen LogP contribution in [0.1, 0.15) is 16.5 Å². The first kappa shape index (κ1) is 20.9. The lowest BCUT2D eigenvalue weighted by molar-refractivity contribution is -0.857. The maximum atomic E-state index is 13.3. The molecule has 8 heteroatoms. The van der Waals surface area contributed by atoms with Crippen molar-refractivity contribution in [1.29, 1.82) is 0 Å². The predicted octanol–water partition coefficient (Wildman–Crippen LogP) is 0.134. The standard InChI is InChI=1S/C21H24N2O5S/c1-22(2)9-10-23-18(16-6-5-11-29-16)17(20(25)21(23)26)19(24)13-7-8-14(27-3)15(12-13)28-4/h5-8,11-12,18,24H,9-10H2,1-4H3. The third-order valence-corrected chi connectivity index (χ3v) is 5.77. The highest BCUT2D eigenvalue weighted by atomic mass is 32.1. The monoisotopic (exact) mass is 416 g/mol. The van der Waals surface area contributed by atoms with Crippen molar-refractivity contribution >= 4 is 28.8 Å². The molecule has 1 aliphatic heterocycles. The van der Waals surface area contributed by atoms with Crippen molar-refractivity contribution in [2.75, 3.05) is 41.4 Å². The van der Waals surface area contributed by atoms with E-state index in [9.17, 15) is 14.7 Å². The highest BCUT2D eigenvalue weighted by Gasteiger charge is 2.44. The minimum Gasteiger partial charge on any atom is -0.872 e. The zero-order valence-electron chi connectivity index (χ0n) is 16.9. The molecule has 0 bridgehead atoms. The zero-order chi connectivity index (χ0) is 21.1. The molecule has 0 aliphatic carbocycles. The number of Topliss-reactive ketones (excluding diaryl/α,β-unsaturated/α-hetero) is 1. The van der Waals surface area contributed by atoms with Crippen LogP contribution >= 0.6 is 11.3 Å². The minimum atomic E-state index is -0.739. The van der Waals surface area contributed by atoms with E-state index in [1.54, 1.807) is 12.1 Å². The van der Waals surface area contributed by atoms with Crippen LogP contribution in [0.3, 0.4) is 0 Å². The Hall–Kier alpha value is -2.84. The lowest BCUT2D eigenvalue weighted by Gasteiger charge is -2.26. The number of ether oxygens (including phenoxy) is 2. The third kappa shape index (κ3) is 3.99. The Kier molecular flexibility index (Phi) is 6.24. The Balaban J connectivity index is 2.11. The number of likely N-dealkylation sites (tertiary alicyclic amines) is 1. The minimum absolute atomic E-state index is 0.0153. The smallest absolute Gasteiger partial charge is 0.295 e. The molecule has 0 saturated carbocycles. The van der Waals surface area contributed by atoms with Crippen molar-refractivity contribution in [2.24, 2.45) is 0 Å². The highest BCUT2D eigenvalue weighted by Crippen LogP contribution is 2.41. The van der Waals surface area contributed by atoms with Crippen molar-refractivity contribution in [1.82, 2.24) is 4.90 Å². The molecule has 1 N–H and O–H groups in total. The van der Waals surface area contributed by atoms with E-state index in [1.165, 1.54) is 36.5 Å². The van der Waals surface area contributed by atoms with E-state index in [1.807, 2.05) is 31.6 Å². The van der Waals surface area contributed by atoms with Gasteiger partial charge in [0.25, 0.3) is 5.91 Å². The van der Waals surface area contributed by atoms with E-state index in [-0.39, 0.29) is 11.1 Å². The van der Waals surface area contributed by atoms with E-state index in [2.05, 4.69) is 0 Å². The first-order valence-electron chi connectivity index (χ1n) is 9.20. The Bertz CT molecular complexity index is 937. The van der Waals surface area contributed by atoms with Crippen LogP contribution in [0.2, 0.25) is 0 Å². The molecule has 154 valence electrons. The second-order valence-corrected chi connectivity index (χ2v) is 7.99. The summed E-state index contributed by atoms with van der Waals surface area (Å²) in [4.78, 5) is 29.0. The van der Waals surface area contributed by atoms with Gasteiger partial charge in [0.05, 0.1) is 47.4 Å². The molecule has 2 aromatic rings. The van der Waals surface area contributed by atoms with Crippen molar-refractivity contribution in [2.45, 2.75) is 6.04 Å². The topological polar surface area (TPSA) is 83.3 Å². The molecular weight excluding hydrogens is 392 g/mol. The molecule has 1 aromatic heterocycles. The number of carbonyl (C=O) groups is 2. The van der Waals surface area contributed by atoms with Crippen LogP contribution in [0.5, 0.6) is 11.5 Å². The molecule has 2 heterocycles. The van der Waals surface area contributed by atoms with Gasteiger partial charge in [-0.3, -0.25) is 9.59 Å². The van der Waals surface area contributed by atoms with E-state index < -0.39 is 23.5 Å². The number of nitrogens with zero attached hydrogens (tertiary/aromatic N) is 1. The van der Waals surface area contributed by atoms with Gasteiger partial charge < -0.3 is 24.4 Å². The Morgan fingerprint density at radius 3 is 2.48 bits per heavy atom. The van der Waals surface area contributed by atoms with Crippen molar-refractivity contribution in [3.8, 4) is 11.5 Å². The van der Waals surface area contributed by atoms with Gasteiger partial charge in [-0.15, -0.1) is 11.3 Å². The predicted molar refractivity (Wildman–Crippen MR) is 108 cm³/mol. The number of carbonyl (C=O) groups excluding carboxylic acids is 2. The second kappa shape index (κ2) is 8.67. The Morgan fingerprint density at radius 1 is 1.17 bits per heavy atom. The highest BCUT2D eigenvalue weighted by molar-refractivity contribution is 7.10. The maximum absolute atomic E-state index is 13.3. The average molecular weight is 416 g/mol. The SMILES string of the molecule is COc1ccc(C([O-])=C2C(=O)C(=O)N(CC[NH+](C)C)C2c2cccs2)cc1OC. The van der Waals surface area contributed by atoms with Crippen molar-refractivity contribution in [3.05, 3.63) is 51.7 Å². The molecule has 1 amide bonds. The number of quaternary nitrogens is 1. The number of nitrogens with one attached hydrogen (secondary N) is 1. The number of rotatable bonds is 7. The Labute approximate surface area is 173 Å². The van der Waals surface area contributed by atoms with Crippen molar-refractivity contribution < 1.29 is 29.1 Å². The summed E-state index contributed by atoms with van der Waals surface area (Å²) in [5.74, 6) is -0.974. The summed E-state index contributed by atoms with van der Waals surface area (Å²) in [5, 5.41) is 15.2. The summed E-state index contributed by atoms with van der Waals surface area (Å²) >= 11 is 1.42. The van der Waals surface area contributed by atoms with Crippen LogP contribution in [0, 0.1) is 0 Å². The molecule has 0 radical (unpaired) electrons. The molecule has 1 saturated heterocycles. The van der Waals surface area contributed by atoms with Crippen LogP contribution in [-0.2, 0) is 9.59 Å². The van der Waals surface area contributed by atoms with Gasteiger partial charge in [0.2, 0.25) is 5.78 Å². The summed E-state index contributed by atoms with van der Waals surface area (Å²) < 4.78 is 10.5. The second-order valence-electron chi connectivity index (χ2n) is 7.02. The van der Waals surface area contributed by atoms with Gasteiger partial charge in [-0.05, 0) is 29.1 Å². The molecule has 0 spiro atoms. The van der Waals surface area contributed by atoms with E-state index >= 15 is 0 Å². The average Bonchev–Trinajstić information content (AvgIpc) is 3.32. The van der Waals surface area contributed by atoms with Crippen LogP contribution in [-0.4, -0.2) is 58.0 Å². The maximum Gasteiger partial charge on any atom is 0.295 e. The Morgan fingerprint density at radius 2 is 1.90 bits per heavy atom. The van der Waals surface area contributed by atoms with E-state index in [4.69, 9.17) is 9.47 Å². The molecule has 7 nitrogen and oxygen atoms in total. The summed E-state index contributed by atoms with van der Waals surface area (Å²) in [5.41, 5.74) is 0.263. The molecule has 3 rings (SSSR count). The number of hydrogen-bond acceptors (Lipinski definition) is 6. The van der Waals surface area contributed by atoms with Gasteiger partial charge in [0, 0.05) is 10.5 Å². The molecule has 1 aromatic carbocycles. The van der Waals surface area contributed by atoms with Crippen molar-refractivity contribution in [3.63, 3.8) is 0 Å². The van der Waals surface area contributed by atoms with Gasteiger partial charge in [0.1, 0.15) is 0 Å². The van der Waals surface area contributed by atoms with Gasteiger partial charge in [-0.25, -0.2) is 0 Å². The summed E-state index contributed by atoms with van der Waals surface area (Å²) in [6.07, 6.45) is 0. The van der Waals surface area contributed by atoms with Gasteiger partial charge in [-0.2, -0.15) is 0 Å². The normalized spacial score (nSPS) is 18.5. The van der Waals surface area contributed by atoms with E-state index in [0.717, 1.165) is 9.78 Å². The van der Waals surface area contributed by atoms with Crippen LogP contribution in [0.25, 0.3) is 5.76 Å². The molecule has 1 aliphatic rings. The quantitative estimate of drug-likeness (QED) is 0.394. The number of hydrogen-bond donors (Lipinski definition) is 1. The van der Waals surface area contributed by atoms with Crippen LogP contribution < -0.4 is 19.5 Å². The number of amides is 1. The summed E-state index contributed by atoms with van der Waals surface area (Å²) in [6, 6.07) is 7.74. The van der Waals surface area contributed by atoms with Crippen LogP contribution in [0.15, 0.2) is 41.3 Å². The molecule has 1 unspecified atom stereocenters. The van der Waals surface area contributed by atoms with Gasteiger partial charge >= 0.3 is 0 Å². The summed E-state index contributed by atoms with van der Waals surface area (Å²) in [7, 11) is 6.93. The molecule has 1 atom stereocenters. The molecule has 1 fully saturated rings. The number of thiophene rings is 1. The zero-order valence-corrected chi connectivity index (χ0v) is 17.7. The fraction of sp³-hybridized carbons (Fsp3) is 0.333. The third-order valence-electron chi connectivity index (χ3n) is 4.84. The van der Waals surface area contributed by atoms with Gasteiger partial charge in [0.15, 0.2) is 11.5 Å². The lowest BCUT2D eigenvalue weighted by atomic mass is 9.99. The number of benzene rings is 1. The number of ketones is 1. The molecular formula is C21H24N2O5S. The fourth-order valence-corrected chi connectivity index (χ4v) is 4.17. The number of methoxy groups -OCH3 is 2. The first-order chi connectivity index (χ1) is 13.9.